The summed E-state index contributed by atoms with van der Waals surface area (Å²) in [7, 11) is 0. The smallest absolute Gasteiger partial charge is 0.312 e. The number of anilines is 2. The monoisotopic (exact) mass is 696 g/mol. The summed E-state index contributed by atoms with van der Waals surface area (Å²) in [6.07, 6.45) is 1.72. The quantitative estimate of drug-likeness (QED) is 0.145. The minimum Gasteiger partial charge on any atom is -0.461 e. The van der Waals surface area contributed by atoms with Crippen LogP contribution in [0.25, 0.3) is 0 Å². The molecule has 7 amide bonds. The molecule has 14 nitrogen and oxygen atoms in total. The number of hydrogen-bond acceptors (Lipinski definition) is 8. The molecule has 2 aromatic rings. The number of rotatable bonds is 14. The average molecular weight is 697 g/mol. The van der Waals surface area contributed by atoms with Crippen molar-refractivity contribution in [3.63, 3.8) is 0 Å². The van der Waals surface area contributed by atoms with Crippen LogP contribution in [0.4, 0.5) is 16.2 Å². The predicted octanol–water partition coefficient (Wildman–Crippen LogP) is 3.57. The van der Waals surface area contributed by atoms with Gasteiger partial charge in [0.2, 0.25) is 29.5 Å². The van der Waals surface area contributed by atoms with Crippen LogP contribution in [0.2, 0.25) is 0 Å². The van der Waals surface area contributed by atoms with Crippen molar-refractivity contribution in [2.75, 3.05) is 23.3 Å². The molecule has 1 aliphatic rings. The zero-order valence-corrected chi connectivity index (χ0v) is 30.1. The van der Waals surface area contributed by atoms with Gasteiger partial charge >= 0.3 is 12.0 Å². The van der Waals surface area contributed by atoms with E-state index in [9.17, 15) is 33.6 Å². The van der Waals surface area contributed by atoms with Crippen molar-refractivity contribution in [3.05, 3.63) is 59.7 Å². The van der Waals surface area contributed by atoms with Crippen LogP contribution in [0, 0.1) is 11.8 Å². The van der Waals surface area contributed by atoms with Crippen LogP contribution in [0.1, 0.15) is 78.9 Å². The molecular formula is C36H52N6O8. The molecule has 0 saturated carbocycles. The van der Waals surface area contributed by atoms with Crippen molar-refractivity contribution in [2.45, 2.75) is 86.8 Å². The van der Waals surface area contributed by atoms with Gasteiger partial charge in [-0.25, -0.2) is 4.79 Å². The molecule has 0 aliphatic carbocycles. The molecule has 50 heavy (non-hydrogen) atoms. The molecule has 1 fully saturated rings. The third-order valence-electron chi connectivity index (χ3n) is 7.21. The lowest BCUT2D eigenvalue weighted by Gasteiger charge is -2.22. The molecule has 2 atom stereocenters. The maximum atomic E-state index is 12.8. The van der Waals surface area contributed by atoms with Gasteiger partial charge in [-0.1, -0.05) is 65.8 Å². The molecule has 0 aromatic heterocycles. The largest absolute Gasteiger partial charge is 0.461 e. The lowest BCUT2D eigenvalue weighted by Crippen LogP contribution is -2.51. The maximum absolute atomic E-state index is 12.8. The molecule has 274 valence electrons. The number of esters is 1. The molecule has 14 heteroatoms. The van der Waals surface area contributed by atoms with E-state index in [1.54, 1.807) is 62.4 Å². The Morgan fingerprint density at radius 2 is 1.50 bits per heavy atom. The molecule has 3 rings (SSSR count). The summed E-state index contributed by atoms with van der Waals surface area (Å²) in [5.74, 6) is -2.70. The highest BCUT2D eigenvalue weighted by molar-refractivity contribution is 6.20. The topological polar surface area (TPSA) is 206 Å². The fraction of sp³-hybridized carbons (Fsp3) is 0.472. The van der Waals surface area contributed by atoms with E-state index in [-0.39, 0.29) is 61.5 Å². The zero-order valence-electron chi connectivity index (χ0n) is 30.1. The van der Waals surface area contributed by atoms with Crippen molar-refractivity contribution in [1.82, 2.24) is 16.0 Å². The van der Waals surface area contributed by atoms with Gasteiger partial charge in [-0.05, 0) is 54.2 Å². The van der Waals surface area contributed by atoms with E-state index in [1.165, 1.54) is 11.8 Å². The average Bonchev–Trinajstić information content (AvgIpc) is 3.38. The summed E-state index contributed by atoms with van der Waals surface area (Å²) in [6, 6.07) is 12.0. The van der Waals surface area contributed by atoms with E-state index in [0.29, 0.717) is 29.9 Å². The first-order chi connectivity index (χ1) is 23.7. The normalized spacial score (nSPS) is 13.9. The van der Waals surface area contributed by atoms with E-state index in [1.807, 2.05) is 27.7 Å². The standard InChI is InChI=1S/C30H36N4O7.C4H10N2O.C2H6/c1-5-22-15-27(38)34(30(22)40)24-12-8-20(9-13-24)14-25(36)33-28(18(2)3)29(39)31-16-26(37)32-23-10-6-21(7-11-23)17-41-19(4)35;1-2-3-6-4(5)7;1-2/h6-13,18,22,28H,5,14-17H2,1-4H3,(H,31,39)(H,32,37)(H,33,36);2-3H2,1H3,(H3,5,6,7);1-2H3. The van der Waals surface area contributed by atoms with Crippen molar-refractivity contribution < 1.29 is 38.3 Å². The lowest BCUT2D eigenvalue weighted by atomic mass is 10.0. The second kappa shape index (κ2) is 22.4. The van der Waals surface area contributed by atoms with Gasteiger partial charge in [-0.3, -0.25) is 33.7 Å². The highest BCUT2D eigenvalue weighted by atomic mass is 16.5. The Balaban J connectivity index is 0.00000123. The van der Waals surface area contributed by atoms with Crippen LogP contribution >= 0.6 is 0 Å². The van der Waals surface area contributed by atoms with Gasteiger partial charge in [-0.15, -0.1) is 0 Å². The third-order valence-corrected chi connectivity index (χ3v) is 7.21. The van der Waals surface area contributed by atoms with Crippen molar-refractivity contribution >= 4 is 52.9 Å². The van der Waals surface area contributed by atoms with Crippen molar-refractivity contribution in [3.8, 4) is 0 Å². The van der Waals surface area contributed by atoms with Gasteiger partial charge in [0.1, 0.15) is 12.6 Å². The Labute approximate surface area is 294 Å². The van der Waals surface area contributed by atoms with Gasteiger partial charge < -0.3 is 31.7 Å². The Morgan fingerprint density at radius 1 is 0.900 bits per heavy atom. The molecular weight excluding hydrogens is 644 g/mol. The van der Waals surface area contributed by atoms with E-state index in [0.717, 1.165) is 12.0 Å². The minimum atomic E-state index is -0.860. The summed E-state index contributed by atoms with van der Waals surface area (Å²) in [5, 5.41) is 10.4. The van der Waals surface area contributed by atoms with Gasteiger partial charge in [0.05, 0.1) is 18.7 Å². The Bertz CT molecular complexity index is 1440. The number of hydrogen-bond donors (Lipinski definition) is 5. The molecule has 2 aromatic carbocycles. The lowest BCUT2D eigenvalue weighted by molar-refractivity contribution is -0.142. The number of benzene rings is 2. The van der Waals surface area contributed by atoms with Gasteiger partial charge in [0, 0.05) is 31.5 Å². The number of carbonyl (C=O) groups excluding carboxylic acids is 7. The number of primary amides is 1. The number of amides is 7. The number of imide groups is 1. The first kappa shape index (κ1) is 42.8. The van der Waals surface area contributed by atoms with E-state index >= 15 is 0 Å². The minimum absolute atomic E-state index is 0.00973. The Morgan fingerprint density at radius 3 is 1.98 bits per heavy atom. The van der Waals surface area contributed by atoms with Crippen LogP contribution < -0.4 is 31.9 Å². The van der Waals surface area contributed by atoms with E-state index in [2.05, 4.69) is 21.3 Å². The second-order valence-corrected chi connectivity index (χ2v) is 11.5. The highest BCUT2D eigenvalue weighted by Gasteiger charge is 2.38. The zero-order chi connectivity index (χ0) is 37.8. The first-order valence-electron chi connectivity index (χ1n) is 16.8. The van der Waals surface area contributed by atoms with Gasteiger partial charge in [0.25, 0.3) is 0 Å². The molecule has 6 N–H and O–H groups in total. The van der Waals surface area contributed by atoms with Crippen LogP contribution in [0.3, 0.4) is 0 Å². The van der Waals surface area contributed by atoms with Crippen molar-refractivity contribution in [1.29, 1.82) is 0 Å². The van der Waals surface area contributed by atoms with Crippen LogP contribution in [0.5, 0.6) is 0 Å². The molecule has 0 bridgehead atoms. The molecule has 1 aliphatic heterocycles. The fourth-order valence-corrected chi connectivity index (χ4v) is 4.59. The Hall–Kier alpha value is -5.27. The number of nitrogens with two attached hydrogens (primary N) is 1. The number of nitrogens with one attached hydrogen (secondary N) is 4. The van der Waals surface area contributed by atoms with Gasteiger partial charge in [0.15, 0.2) is 0 Å². The van der Waals surface area contributed by atoms with Crippen LogP contribution in [0.15, 0.2) is 48.5 Å². The second-order valence-electron chi connectivity index (χ2n) is 11.5. The number of carbonyl (C=O) groups is 7. The fourth-order valence-electron chi connectivity index (χ4n) is 4.59. The summed E-state index contributed by atoms with van der Waals surface area (Å²) in [4.78, 5) is 84.6. The molecule has 1 heterocycles. The molecule has 2 unspecified atom stereocenters. The number of nitrogens with zero attached hydrogens (tertiary/aromatic N) is 1. The van der Waals surface area contributed by atoms with Crippen LogP contribution in [-0.2, 0) is 46.5 Å². The Kier molecular flexibility index (Phi) is 19.1. The van der Waals surface area contributed by atoms with Crippen molar-refractivity contribution in [2.24, 2.45) is 17.6 Å². The molecule has 0 spiro atoms. The maximum Gasteiger partial charge on any atom is 0.312 e. The summed E-state index contributed by atoms with van der Waals surface area (Å²) >= 11 is 0. The number of ether oxygens (including phenoxy) is 1. The summed E-state index contributed by atoms with van der Waals surface area (Å²) in [6.45, 7) is 13.2. The first-order valence-corrected chi connectivity index (χ1v) is 16.8. The SMILES string of the molecule is CC.CCC1CC(=O)N(c2ccc(CC(=O)NC(C(=O)NCC(=O)Nc3ccc(COC(C)=O)cc3)C(C)C)cc2)C1=O.CCCNC(N)=O. The van der Waals surface area contributed by atoms with Gasteiger partial charge in [-0.2, -0.15) is 0 Å². The summed E-state index contributed by atoms with van der Waals surface area (Å²) < 4.78 is 4.93. The molecule has 1 saturated heterocycles. The third kappa shape index (κ3) is 14.9. The number of urea groups is 1. The molecule has 0 radical (unpaired) electrons. The van der Waals surface area contributed by atoms with E-state index < -0.39 is 23.9 Å². The highest BCUT2D eigenvalue weighted by Crippen LogP contribution is 2.28. The van der Waals surface area contributed by atoms with E-state index in [4.69, 9.17) is 10.5 Å². The summed E-state index contributed by atoms with van der Waals surface area (Å²) in [5.41, 5.74) is 7.13. The van der Waals surface area contributed by atoms with Crippen LogP contribution in [-0.4, -0.2) is 60.7 Å². The predicted molar refractivity (Wildman–Crippen MR) is 191 cm³/mol.